The highest BCUT2D eigenvalue weighted by molar-refractivity contribution is 5.87. The van der Waals surface area contributed by atoms with Gasteiger partial charge in [-0.05, 0) is 63.2 Å². The van der Waals surface area contributed by atoms with Crippen molar-refractivity contribution in [3.63, 3.8) is 0 Å². The van der Waals surface area contributed by atoms with E-state index in [2.05, 4.69) is 80.7 Å². The van der Waals surface area contributed by atoms with Crippen LogP contribution in [0.25, 0.3) is 0 Å². The number of rotatable bonds is 6. The maximum atomic E-state index is 12.2. The molecule has 1 aliphatic carbocycles. The van der Waals surface area contributed by atoms with Crippen molar-refractivity contribution in [1.29, 1.82) is 0 Å². The molecule has 8 unspecified atom stereocenters. The van der Waals surface area contributed by atoms with E-state index in [0.717, 1.165) is 70.8 Å². The molecule has 6 rings (SSSR count). The molecule has 0 aromatic rings. The summed E-state index contributed by atoms with van der Waals surface area (Å²) in [6.45, 7) is 12.3. The van der Waals surface area contributed by atoms with Crippen LogP contribution in [0, 0.1) is 5.92 Å². The van der Waals surface area contributed by atoms with E-state index in [0.29, 0.717) is 30.2 Å². The summed E-state index contributed by atoms with van der Waals surface area (Å²) < 4.78 is 6.47. The van der Waals surface area contributed by atoms with E-state index in [1.54, 1.807) is 0 Å². The van der Waals surface area contributed by atoms with Crippen LogP contribution in [0.1, 0.15) is 46.0 Å². The van der Waals surface area contributed by atoms with Gasteiger partial charge in [0, 0.05) is 50.6 Å². The van der Waals surface area contributed by atoms with Gasteiger partial charge in [-0.15, -0.1) is 0 Å². The van der Waals surface area contributed by atoms with Crippen LogP contribution in [-0.2, 0) is 9.53 Å². The number of amides is 1. The normalized spacial score (nSPS) is 41.0. The lowest BCUT2D eigenvalue weighted by Crippen LogP contribution is -2.75. The molecule has 1 saturated carbocycles. The van der Waals surface area contributed by atoms with E-state index >= 15 is 0 Å². The first-order valence-electron chi connectivity index (χ1n) is 15.0. The third kappa shape index (κ3) is 5.90. The highest BCUT2D eigenvalue weighted by Crippen LogP contribution is 2.31. The maximum absolute atomic E-state index is 12.2. The lowest BCUT2D eigenvalue weighted by Gasteiger charge is -2.51. The molecular formula is C28H47N9O2. The van der Waals surface area contributed by atoms with E-state index in [-0.39, 0.29) is 30.4 Å². The van der Waals surface area contributed by atoms with Gasteiger partial charge in [0.2, 0.25) is 5.91 Å². The molecule has 0 bridgehead atoms. The Balaban J connectivity index is 1.01. The van der Waals surface area contributed by atoms with Gasteiger partial charge >= 0.3 is 0 Å². The number of piperazine rings is 1. The number of fused-ring (bicyclic) bond motifs is 2. The van der Waals surface area contributed by atoms with Crippen molar-refractivity contribution >= 4 is 5.91 Å². The molecule has 0 radical (unpaired) electrons. The third-order valence-electron chi connectivity index (χ3n) is 9.56. The average molecular weight is 542 g/mol. The number of nitrogens with zero attached hydrogens (tertiary/aromatic N) is 3. The summed E-state index contributed by atoms with van der Waals surface area (Å²) in [4.78, 5) is 16.7. The first kappa shape index (κ1) is 27.2. The van der Waals surface area contributed by atoms with Crippen molar-refractivity contribution in [2.75, 3.05) is 33.0 Å². The monoisotopic (exact) mass is 541 g/mol. The number of allylic oxidation sites excluding steroid dienone is 1. The SMILES string of the molecule is C=CC(=O)N1CCN(C2CCC3NCNC(NC4CCC(OC5=CC6NCNN6C=C5)C(C)C4)C3N2)C[C@@H]1C. The highest BCUT2D eigenvalue weighted by Gasteiger charge is 2.42. The predicted octanol–water partition coefficient (Wildman–Crippen LogP) is -0.104. The summed E-state index contributed by atoms with van der Waals surface area (Å²) in [5.74, 6) is 1.50. The Hall–Kier alpha value is -1.99. The smallest absolute Gasteiger partial charge is 0.246 e. The molecule has 0 aromatic heterocycles. The molecule has 6 N–H and O–H groups in total. The second-order valence-electron chi connectivity index (χ2n) is 12.1. The van der Waals surface area contributed by atoms with Crippen LogP contribution in [0.2, 0.25) is 0 Å². The summed E-state index contributed by atoms with van der Waals surface area (Å²) in [5, 5.41) is 20.9. The Morgan fingerprint density at radius 1 is 1.13 bits per heavy atom. The standard InChI is InChI=1S/C28H47N9O2/c1-4-26(38)36-12-11-35(15-19(36)3)24-8-6-22-27(34-24)28(31-16-29-22)33-20-5-7-23(18(2)13-20)39-21-9-10-37-25(14-21)30-17-32-37/h4,9-10,14,18-20,22-25,27-34H,1,5-8,11-13,15-17H2,2-3H3/t18?,19-,20?,22?,23?,24?,25?,27?,28?/m0/s1. The van der Waals surface area contributed by atoms with Crippen molar-refractivity contribution in [2.24, 2.45) is 5.92 Å². The molecule has 11 heteroatoms. The van der Waals surface area contributed by atoms with Crippen molar-refractivity contribution in [2.45, 2.75) is 94.7 Å². The van der Waals surface area contributed by atoms with Crippen LogP contribution in [0.15, 0.2) is 36.8 Å². The van der Waals surface area contributed by atoms with Gasteiger partial charge in [-0.2, -0.15) is 0 Å². The molecule has 4 saturated heterocycles. The fraction of sp³-hybridized carbons (Fsp3) is 0.750. The minimum Gasteiger partial charge on any atom is -0.490 e. The van der Waals surface area contributed by atoms with Crippen molar-refractivity contribution < 1.29 is 9.53 Å². The lowest BCUT2D eigenvalue weighted by molar-refractivity contribution is -0.131. The zero-order valence-electron chi connectivity index (χ0n) is 23.4. The number of ether oxygens (including phenoxy) is 1. The van der Waals surface area contributed by atoms with E-state index < -0.39 is 0 Å². The fourth-order valence-corrected chi connectivity index (χ4v) is 7.38. The maximum Gasteiger partial charge on any atom is 0.246 e. The van der Waals surface area contributed by atoms with Crippen molar-refractivity contribution in [1.82, 2.24) is 46.8 Å². The molecule has 1 amide bonds. The lowest BCUT2D eigenvalue weighted by atomic mass is 9.83. The number of nitrogens with one attached hydrogen (secondary N) is 6. The quantitative estimate of drug-likeness (QED) is 0.255. The summed E-state index contributed by atoms with van der Waals surface area (Å²) in [6.07, 6.45) is 14.3. The molecule has 0 spiro atoms. The minimum absolute atomic E-state index is 0.0415. The number of hydrogen-bond acceptors (Lipinski definition) is 10. The zero-order chi connectivity index (χ0) is 26.9. The molecule has 216 valence electrons. The molecule has 39 heavy (non-hydrogen) atoms. The molecule has 5 fully saturated rings. The fourth-order valence-electron chi connectivity index (χ4n) is 7.38. The topological polar surface area (TPSA) is 108 Å². The van der Waals surface area contributed by atoms with Gasteiger partial charge in [0.25, 0.3) is 0 Å². The number of hydrazine groups is 1. The Morgan fingerprint density at radius 2 is 2.03 bits per heavy atom. The number of carbonyl (C=O) groups excluding carboxylic acids is 1. The Morgan fingerprint density at radius 3 is 2.85 bits per heavy atom. The van der Waals surface area contributed by atoms with E-state index in [9.17, 15) is 4.79 Å². The van der Waals surface area contributed by atoms with E-state index in [1.165, 1.54) is 6.08 Å². The molecular weight excluding hydrogens is 494 g/mol. The molecule has 11 nitrogen and oxygen atoms in total. The van der Waals surface area contributed by atoms with E-state index in [1.807, 2.05) is 4.90 Å². The number of hydrogen-bond donors (Lipinski definition) is 6. The van der Waals surface area contributed by atoms with Gasteiger partial charge in [-0.1, -0.05) is 13.5 Å². The van der Waals surface area contributed by atoms with Gasteiger partial charge in [0.1, 0.15) is 18.0 Å². The first-order chi connectivity index (χ1) is 19.0. The summed E-state index contributed by atoms with van der Waals surface area (Å²) in [6, 6.07) is 1.45. The summed E-state index contributed by atoms with van der Waals surface area (Å²) in [7, 11) is 0. The van der Waals surface area contributed by atoms with Crippen LogP contribution in [0.5, 0.6) is 0 Å². The van der Waals surface area contributed by atoms with Crippen LogP contribution >= 0.6 is 0 Å². The second-order valence-corrected chi connectivity index (χ2v) is 12.1. The molecule has 0 aromatic carbocycles. The van der Waals surface area contributed by atoms with Crippen LogP contribution in [0.3, 0.4) is 0 Å². The van der Waals surface area contributed by atoms with Gasteiger partial charge in [-0.25, -0.2) is 5.43 Å². The Kier molecular flexibility index (Phi) is 8.27. The number of piperidine rings is 1. The largest absolute Gasteiger partial charge is 0.490 e. The zero-order valence-corrected chi connectivity index (χ0v) is 23.4. The second kappa shape index (κ2) is 11.9. The van der Waals surface area contributed by atoms with E-state index in [4.69, 9.17) is 4.74 Å². The van der Waals surface area contributed by atoms with Crippen molar-refractivity contribution in [3.05, 3.63) is 36.8 Å². The van der Waals surface area contributed by atoms with Crippen LogP contribution < -0.4 is 32.0 Å². The number of carbonyl (C=O) groups is 1. The molecule has 9 atom stereocenters. The van der Waals surface area contributed by atoms with Gasteiger partial charge in [0.15, 0.2) is 0 Å². The first-order valence-corrected chi connectivity index (χ1v) is 15.0. The van der Waals surface area contributed by atoms with Crippen LogP contribution in [0.4, 0.5) is 0 Å². The minimum atomic E-state index is 0.0415. The van der Waals surface area contributed by atoms with Crippen molar-refractivity contribution in [3.8, 4) is 0 Å². The van der Waals surface area contributed by atoms with Crippen LogP contribution in [-0.4, -0.2) is 102 Å². The molecule has 5 heterocycles. The molecule has 6 aliphatic rings. The summed E-state index contributed by atoms with van der Waals surface area (Å²) in [5.41, 5.74) is 3.28. The third-order valence-corrected chi connectivity index (χ3v) is 9.56. The van der Waals surface area contributed by atoms with Gasteiger partial charge < -0.3 is 9.64 Å². The highest BCUT2D eigenvalue weighted by atomic mass is 16.5. The predicted molar refractivity (Wildman–Crippen MR) is 150 cm³/mol. The molecule has 5 aliphatic heterocycles. The Bertz CT molecular complexity index is 959. The summed E-state index contributed by atoms with van der Waals surface area (Å²) >= 11 is 0. The van der Waals surface area contributed by atoms with Gasteiger partial charge in [0.05, 0.1) is 25.0 Å². The average Bonchev–Trinajstić information content (AvgIpc) is 3.42. The van der Waals surface area contributed by atoms with Gasteiger partial charge in [-0.3, -0.25) is 41.3 Å². The Labute approximate surface area is 232 Å².